The summed E-state index contributed by atoms with van der Waals surface area (Å²) < 4.78 is 0. The first-order valence-corrected chi connectivity index (χ1v) is 5.75. The maximum Gasteiger partial charge on any atom is 0.0624 e. The molecule has 0 fully saturated rings. The van der Waals surface area contributed by atoms with Gasteiger partial charge in [0.25, 0.3) is 0 Å². The molecular weight excluding hydrogens is 210 g/mol. The van der Waals surface area contributed by atoms with Crippen molar-refractivity contribution in [3.05, 3.63) is 59.7 Å². The molecule has 0 saturated carbocycles. The lowest BCUT2D eigenvalue weighted by Crippen LogP contribution is -2.14. The van der Waals surface area contributed by atoms with Gasteiger partial charge in [-0.15, -0.1) is 0 Å². The third kappa shape index (κ3) is 2.54. The summed E-state index contributed by atoms with van der Waals surface area (Å²) >= 11 is 0. The number of aryl methyl sites for hydroxylation is 1. The van der Waals surface area contributed by atoms with E-state index in [-0.39, 0.29) is 12.6 Å². The molecule has 2 heteroatoms. The molecule has 17 heavy (non-hydrogen) atoms. The van der Waals surface area contributed by atoms with Crippen LogP contribution in [0.15, 0.2) is 48.5 Å². The van der Waals surface area contributed by atoms with Crippen molar-refractivity contribution in [2.75, 3.05) is 6.61 Å². The number of rotatable bonds is 3. The van der Waals surface area contributed by atoms with E-state index in [0.717, 1.165) is 11.1 Å². The van der Waals surface area contributed by atoms with Crippen molar-refractivity contribution >= 4 is 0 Å². The summed E-state index contributed by atoms with van der Waals surface area (Å²) in [5.74, 6) is 0. The summed E-state index contributed by atoms with van der Waals surface area (Å²) in [6.07, 6.45) is 0. The third-order valence-electron chi connectivity index (χ3n) is 2.97. The Morgan fingerprint density at radius 1 is 1.12 bits per heavy atom. The van der Waals surface area contributed by atoms with Gasteiger partial charge in [0.15, 0.2) is 0 Å². The van der Waals surface area contributed by atoms with E-state index in [0.29, 0.717) is 0 Å². The maximum absolute atomic E-state index is 9.08. The average Bonchev–Trinajstić information content (AvgIpc) is 2.38. The van der Waals surface area contributed by atoms with Crippen LogP contribution in [-0.4, -0.2) is 11.7 Å². The standard InChI is InChI=1S/C15H17NO/c1-11-5-2-3-8-14(11)12-6-4-7-13(9-12)15(16)10-17/h2-9,15,17H,10,16H2,1H3. The second-order valence-electron chi connectivity index (χ2n) is 4.23. The van der Waals surface area contributed by atoms with Crippen LogP contribution >= 0.6 is 0 Å². The Morgan fingerprint density at radius 3 is 2.59 bits per heavy atom. The highest BCUT2D eigenvalue weighted by atomic mass is 16.3. The van der Waals surface area contributed by atoms with Gasteiger partial charge < -0.3 is 10.8 Å². The van der Waals surface area contributed by atoms with Gasteiger partial charge in [-0.2, -0.15) is 0 Å². The molecule has 2 nitrogen and oxygen atoms in total. The number of hydrogen-bond donors (Lipinski definition) is 2. The summed E-state index contributed by atoms with van der Waals surface area (Å²) in [7, 11) is 0. The second kappa shape index (κ2) is 5.13. The molecule has 0 aromatic heterocycles. The summed E-state index contributed by atoms with van der Waals surface area (Å²) in [6.45, 7) is 2.06. The lowest BCUT2D eigenvalue weighted by atomic mass is 9.97. The molecule has 2 rings (SSSR count). The summed E-state index contributed by atoms with van der Waals surface area (Å²) in [4.78, 5) is 0. The van der Waals surface area contributed by atoms with Gasteiger partial charge in [0.05, 0.1) is 12.6 Å². The van der Waals surface area contributed by atoms with Crippen molar-refractivity contribution in [1.82, 2.24) is 0 Å². The van der Waals surface area contributed by atoms with Gasteiger partial charge in [-0.1, -0.05) is 42.5 Å². The smallest absolute Gasteiger partial charge is 0.0624 e. The number of aliphatic hydroxyl groups is 1. The highest BCUT2D eigenvalue weighted by Crippen LogP contribution is 2.25. The van der Waals surface area contributed by atoms with E-state index in [1.54, 1.807) is 0 Å². The van der Waals surface area contributed by atoms with Crippen LogP contribution in [0, 0.1) is 6.92 Å². The molecule has 0 aliphatic heterocycles. The van der Waals surface area contributed by atoms with Gasteiger partial charge >= 0.3 is 0 Å². The van der Waals surface area contributed by atoms with Crippen LogP contribution in [0.4, 0.5) is 0 Å². The van der Waals surface area contributed by atoms with E-state index < -0.39 is 0 Å². The minimum atomic E-state index is -0.307. The van der Waals surface area contributed by atoms with E-state index in [9.17, 15) is 0 Å². The molecule has 0 aliphatic rings. The Labute approximate surface area is 102 Å². The maximum atomic E-state index is 9.08. The van der Waals surface area contributed by atoms with Crippen molar-refractivity contribution in [2.24, 2.45) is 5.73 Å². The monoisotopic (exact) mass is 227 g/mol. The number of aliphatic hydroxyl groups excluding tert-OH is 1. The van der Waals surface area contributed by atoms with Gasteiger partial charge in [0.2, 0.25) is 0 Å². The van der Waals surface area contributed by atoms with Gasteiger partial charge in [-0.25, -0.2) is 0 Å². The fraction of sp³-hybridized carbons (Fsp3) is 0.200. The number of benzene rings is 2. The van der Waals surface area contributed by atoms with Crippen LogP contribution in [0.2, 0.25) is 0 Å². The molecule has 2 aromatic carbocycles. The Morgan fingerprint density at radius 2 is 1.88 bits per heavy atom. The van der Waals surface area contributed by atoms with Crippen LogP contribution in [0.5, 0.6) is 0 Å². The fourth-order valence-electron chi connectivity index (χ4n) is 1.94. The SMILES string of the molecule is Cc1ccccc1-c1cccc(C(N)CO)c1. The van der Waals surface area contributed by atoms with Gasteiger partial charge in [0.1, 0.15) is 0 Å². The molecule has 0 heterocycles. The normalized spacial score (nSPS) is 12.4. The molecule has 3 N–H and O–H groups in total. The van der Waals surface area contributed by atoms with E-state index in [4.69, 9.17) is 10.8 Å². The predicted octanol–water partition coefficient (Wildman–Crippen LogP) is 2.65. The van der Waals surface area contributed by atoms with Gasteiger partial charge in [-0.05, 0) is 35.2 Å². The molecule has 1 atom stereocenters. The van der Waals surface area contributed by atoms with Crippen molar-refractivity contribution in [3.63, 3.8) is 0 Å². The zero-order valence-electron chi connectivity index (χ0n) is 9.93. The molecule has 0 aliphatic carbocycles. The molecule has 2 aromatic rings. The third-order valence-corrected chi connectivity index (χ3v) is 2.97. The zero-order chi connectivity index (χ0) is 12.3. The van der Waals surface area contributed by atoms with Crippen molar-refractivity contribution in [2.45, 2.75) is 13.0 Å². The summed E-state index contributed by atoms with van der Waals surface area (Å²) in [6, 6.07) is 16.0. The van der Waals surface area contributed by atoms with E-state index in [2.05, 4.69) is 25.1 Å². The van der Waals surface area contributed by atoms with Crippen LogP contribution < -0.4 is 5.73 Å². The first-order chi connectivity index (χ1) is 8.22. The van der Waals surface area contributed by atoms with Crippen molar-refractivity contribution in [3.8, 4) is 11.1 Å². The Bertz CT molecular complexity index is 508. The lowest BCUT2D eigenvalue weighted by molar-refractivity contribution is 0.268. The highest BCUT2D eigenvalue weighted by Gasteiger charge is 2.06. The van der Waals surface area contributed by atoms with E-state index in [1.165, 1.54) is 11.1 Å². The van der Waals surface area contributed by atoms with Crippen LogP contribution in [0.3, 0.4) is 0 Å². The first kappa shape index (κ1) is 11.8. The van der Waals surface area contributed by atoms with Crippen molar-refractivity contribution in [1.29, 1.82) is 0 Å². The fourth-order valence-corrected chi connectivity index (χ4v) is 1.94. The van der Waals surface area contributed by atoms with Crippen molar-refractivity contribution < 1.29 is 5.11 Å². The molecule has 0 saturated heterocycles. The van der Waals surface area contributed by atoms with Crippen LogP contribution in [0.25, 0.3) is 11.1 Å². The molecule has 0 radical (unpaired) electrons. The highest BCUT2D eigenvalue weighted by molar-refractivity contribution is 5.67. The molecular formula is C15H17NO. The first-order valence-electron chi connectivity index (χ1n) is 5.75. The molecule has 0 spiro atoms. The quantitative estimate of drug-likeness (QED) is 0.846. The Balaban J connectivity index is 2.43. The van der Waals surface area contributed by atoms with E-state index in [1.807, 2.05) is 30.3 Å². The largest absolute Gasteiger partial charge is 0.394 e. The zero-order valence-corrected chi connectivity index (χ0v) is 9.93. The number of nitrogens with two attached hydrogens (primary N) is 1. The minimum absolute atomic E-state index is 0.0305. The number of hydrogen-bond acceptors (Lipinski definition) is 2. The summed E-state index contributed by atoms with van der Waals surface area (Å²) in [5.41, 5.74) is 10.4. The molecule has 88 valence electrons. The Kier molecular flexibility index (Phi) is 3.57. The van der Waals surface area contributed by atoms with Gasteiger partial charge in [-0.3, -0.25) is 0 Å². The lowest BCUT2D eigenvalue weighted by Gasteiger charge is -2.11. The molecule has 1 unspecified atom stereocenters. The van der Waals surface area contributed by atoms with Gasteiger partial charge in [0, 0.05) is 0 Å². The second-order valence-corrected chi connectivity index (χ2v) is 4.23. The van der Waals surface area contributed by atoms with E-state index >= 15 is 0 Å². The predicted molar refractivity (Wildman–Crippen MR) is 70.6 cm³/mol. The van der Waals surface area contributed by atoms with Crippen LogP contribution in [-0.2, 0) is 0 Å². The van der Waals surface area contributed by atoms with Crippen LogP contribution in [0.1, 0.15) is 17.2 Å². The Hall–Kier alpha value is -1.64. The molecule has 0 bridgehead atoms. The molecule has 0 amide bonds. The minimum Gasteiger partial charge on any atom is -0.394 e. The average molecular weight is 227 g/mol. The topological polar surface area (TPSA) is 46.2 Å². The summed E-state index contributed by atoms with van der Waals surface area (Å²) in [5, 5.41) is 9.08.